The van der Waals surface area contributed by atoms with Gasteiger partial charge in [-0.2, -0.15) is 0 Å². The number of carbonyl (C=O) groups is 1. The zero-order valence-electron chi connectivity index (χ0n) is 13.0. The first-order valence-corrected chi connectivity index (χ1v) is 8.14. The third-order valence-electron chi connectivity index (χ3n) is 4.35. The van der Waals surface area contributed by atoms with E-state index in [2.05, 4.69) is 25.1 Å². The highest BCUT2D eigenvalue weighted by atomic mass is 16.5. The van der Waals surface area contributed by atoms with Crippen molar-refractivity contribution in [3.8, 4) is 5.75 Å². The van der Waals surface area contributed by atoms with E-state index in [4.69, 9.17) is 4.74 Å². The van der Waals surface area contributed by atoms with Crippen LogP contribution in [0.3, 0.4) is 0 Å². The molecule has 0 heterocycles. The van der Waals surface area contributed by atoms with Crippen molar-refractivity contribution in [3.63, 3.8) is 0 Å². The lowest BCUT2D eigenvalue weighted by Gasteiger charge is -2.25. The fourth-order valence-electron chi connectivity index (χ4n) is 3.10. The minimum atomic E-state index is 0.270. The van der Waals surface area contributed by atoms with Gasteiger partial charge in [0.25, 0.3) is 0 Å². The standard InChI is InChI=1S/C20H22O2/c1-2-3-14-22-16-10-8-15(9-11-16)17-12-13-20(21)19-7-5-4-6-18(17)19/h4-11,17H,2-3,12-14H2,1H3. The first-order valence-electron chi connectivity index (χ1n) is 8.14. The van der Waals surface area contributed by atoms with Crippen LogP contribution in [-0.4, -0.2) is 12.4 Å². The highest BCUT2D eigenvalue weighted by Gasteiger charge is 2.26. The maximum Gasteiger partial charge on any atom is 0.163 e. The fourth-order valence-corrected chi connectivity index (χ4v) is 3.10. The number of benzene rings is 2. The number of ketones is 1. The topological polar surface area (TPSA) is 26.3 Å². The smallest absolute Gasteiger partial charge is 0.163 e. The number of rotatable bonds is 5. The Morgan fingerprint density at radius 1 is 1.09 bits per heavy atom. The lowest BCUT2D eigenvalue weighted by atomic mass is 9.78. The number of carbonyl (C=O) groups excluding carboxylic acids is 1. The minimum absolute atomic E-state index is 0.270. The van der Waals surface area contributed by atoms with Crippen LogP contribution in [-0.2, 0) is 0 Å². The average molecular weight is 294 g/mol. The average Bonchev–Trinajstić information content (AvgIpc) is 2.57. The van der Waals surface area contributed by atoms with E-state index in [1.807, 2.05) is 30.3 Å². The molecule has 0 radical (unpaired) electrons. The monoisotopic (exact) mass is 294 g/mol. The molecule has 0 saturated heterocycles. The predicted octanol–water partition coefficient (Wildman–Crippen LogP) is 4.97. The van der Waals surface area contributed by atoms with Gasteiger partial charge in [-0.3, -0.25) is 4.79 Å². The van der Waals surface area contributed by atoms with Crippen LogP contribution in [0.4, 0.5) is 0 Å². The summed E-state index contributed by atoms with van der Waals surface area (Å²) >= 11 is 0. The molecule has 0 bridgehead atoms. The molecule has 1 unspecified atom stereocenters. The molecule has 1 aliphatic carbocycles. The quantitative estimate of drug-likeness (QED) is 0.727. The molecular weight excluding hydrogens is 272 g/mol. The zero-order valence-corrected chi connectivity index (χ0v) is 13.0. The molecule has 2 aromatic carbocycles. The van der Waals surface area contributed by atoms with Crippen LogP contribution in [0.5, 0.6) is 5.75 Å². The Morgan fingerprint density at radius 3 is 2.64 bits per heavy atom. The molecule has 114 valence electrons. The zero-order chi connectivity index (χ0) is 15.4. The molecule has 3 rings (SSSR count). The minimum Gasteiger partial charge on any atom is -0.494 e. The van der Waals surface area contributed by atoms with Gasteiger partial charge in [-0.25, -0.2) is 0 Å². The number of fused-ring (bicyclic) bond motifs is 1. The molecule has 2 aromatic rings. The molecule has 0 aromatic heterocycles. The van der Waals surface area contributed by atoms with Crippen molar-refractivity contribution in [3.05, 3.63) is 65.2 Å². The van der Waals surface area contributed by atoms with Gasteiger partial charge in [-0.1, -0.05) is 49.7 Å². The van der Waals surface area contributed by atoms with Gasteiger partial charge in [-0.15, -0.1) is 0 Å². The van der Waals surface area contributed by atoms with Crippen LogP contribution >= 0.6 is 0 Å². The summed E-state index contributed by atoms with van der Waals surface area (Å²) in [6, 6.07) is 16.4. The summed E-state index contributed by atoms with van der Waals surface area (Å²) in [6.07, 6.45) is 3.76. The second-order valence-corrected chi connectivity index (χ2v) is 5.87. The summed E-state index contributed by atoms with van der Waals surface area (Å²) in [5.41, 5.74) is 3.32. The molecular formula is C20H22O2. The van der Waals surface area contributed by atoms with Crippen LogP contribution in [0, 0.1) is 0 Å². The van der Waals surface area contributed by atoms with E-state index in [-0.39, 0.29) is 5.78 Å². The van der Waals surface area contributed by atoms with E-state index in [0.29, 0.717) is 12.3 Å². The molecule has 2 nitrogen and oxygen atoms in total. The Kier molecular flexibility index (Phi) is 4.57. The van der Waals surface area contributed by atoms with Gasteiger partial charge in [0.2, 0.25) is 0 Å². The molecule has 22 heavy (non-hydrogen) atoms. The van der Waals surface area contributed by atoms with Crippen molar-refractivity contribution in [2.75, 3.05) is 6.61 Å². The Bertz CT molecular complexity index is 643. The van der Waals surface area contributed by atoms with Crippen LogP contribution in [0.25, 0.3) is 0 Å². The Balaban J connectivity index is 1.80. The maximum atomic E-state index is 12.0. The Labute approximate surface area is 132 Å². The highest BCUT2D eigenvalue weighted by Crippen LogP contribution is 2.36. The number of Topliss-reactive ketones (excluding diaryl/α,β-unsaturated/α-hetero) is 1. The van der Waals surface area contributed by atoms with Crippen LogP contribution in [0.1, 0.15) is 60.0 Å². The molecule has 1 aliphatic rings. The fraction of sp³-hybridized carbons (Fsp3) is 0.350. The van der Waals surface area contributed by atoms with E-state index < -0.39 is 0 Å². The third-order valence-corrected chi connectivity index (χ3v) is 4.35. The lowest BCUT2D eigenvalue weighted by molar-refractivity contribution is 0.0969. The number of hydrogen-bond donors (Lipinski definition) is 0. The van der Waals surface area contributed by atoms with E-state index in [1.165, 1.54) is 11.1 Å². The van der Waals surface area contributed by atoms with Crippen LogP contribution < -0.4 is 4.74 Å². The van der Waals surface area contributed by atoms with Crippen LogP contribution in [0.2, 0.25) is 0 Å². The first-order chi connectivity index (χ1) is 10.8. The van der Waals surface area contributed by atoms with Gasteiger partial charge in [0.05, 0.1) is 6.61 Å². The van der Waals surface area contributed by atoms with Crippen molar-refractivity contribution in [2.45, 2.75) is 38.5 Å². The summed E-state index contributed by atoms with van der Waals surface area (Å²) in [5, 5.41) is 0. The third kappa shape index (κ3) is 3.06. The number of hydrogen-bond acceptors (Lipinski definition) is 2. The summed E-state index contributed by atoms with van der Waals surface area (Å²) in [6.45, 7) is 2.94. The summed E-state index contributed by atoms with van der Waals surface area (Å²) < 4.78 is 5.72. The second-order valence-electron chi connectivity index (χ2n) is 5.87. The molecule has 2 heteroatoms. The van der Waals surface area contributed by atoms with Gasteiger partial charge in [0.1, 0.15) is 5.75 Å². The van der Waals surface area contributed by atoms with Gasteiger partial charge >= 0.3 is 0 Å². The summed E-state index contributed by atoms with van der Waals surface area (Å²) in [7, 11) is 0. The van der Waals surface area contributed by atoms with E-state index in [9.17, 15) is 4.79 Å². The van der Waals surface area contributed by atoms with E-state index in [0.717, 1.165) is 37.2 Å². The molecule has 0 amide bonds. The molecule has 0 fully saturated rings. The van der Waals surface area contributed by atoms with Crippen molar-refractivity contribution >= 4 is 5.78 Å². The number of unbranched alkanes of at least 4 members (excludes halogenated alkanes) is 1. The first kappa shape index (κ1) is 14.8. The van der Waals surface area contributed by atoms with Gasteiger partial charge < -0.3 is 4.74 Å². The Hall–Kier alpha value is -2.09. The van der Waals surface area contributed by atoms with E-state index in [1.54, 1.807) is 0 Å². The largest absolute Gasteiger partial charge is 0.494 e. The molecule has 1 atom stereocenters. The number of ether oxygens (including phenoxy) is 1. The molecule has 0 aliphatic heterocycles. The van der Waals surface area contributed by atoms with Crippen LogP contribution in [0.15, 0.2) is 48.5 Å². The van der Waals surface area contributed by atoms with E-state index >= 15 is 0 Å². The van der Waals surface area contributed by atoms with Crippen molar-refractivity contribution in [1.29, 1.82) is 0 Å². The van der Waals surface area contributed by atoms with Crippen molar-refractivity contribution < 1.29 is 9.53 Å². The van der Waals surface area contributed by atoms with Gasteiger partial charge in [0.15, 0.2) is 5.78 Å². The summed E-state index contributed by atoms with van der Waals surface area (Å²) in [5.74, 6) is 1.52. The SMILES string of the molecule is CCCCOc1ccc(C2CCC(=O)c3ccccc32)cc1. The van der Waals surface area contributed by atoms with Crippen molar-refractivity contribution in [1.82, 2.24) is 0 Å². The normalized spacial score (nSPS) is 17.1. The predicted molar refractivity (Wildman–Crippen MR) is 88.7 cm³/mol. The molecule has 0 spiro atoms. The van der Waals surface area contributed by atoms with Gasteiger partial charge in [0, 0.05) is 17.9 Å². The second kappa shape index (κ2) is 6.78. The molecule has 0 saturated carbocycles. The maximum absolute atomic E-state index is 12.0. The summed E-state index contributed by atoms with van der Waals surface area (Å²) in [4.78, 5) is 12.0. The highest BCUT2D eigenvalue weighted by molar-refractivity contribution is 5.99. The molecule has 0 N–H and O–H groups in total. The van der Waals surface area contributed by atoms with Gasteiger partial charge in [-0.05, 0) is 36.1 Å². The van der Waals surface area contributed by atoms with Crippen molar-refractivity contribution in [2.24, 2.45) is 0 Å². The lowest BCUT2D eigenvalue weighted by Crippen LogP contribution is -2.16. The Morgan fingerprint density at radius 2 is 1.86 bits per heavy atom.